The number of allylic oxidation sites excluding steroid dienone is 2. The van der Waals surface area contributed by atoms with Gasteiger partial charge in [0, 0.05) is 33.7 Å². The number of benzene rings is 1. The van der Waals surface area contributed by atoms with Crippen LogP contribution in [0, 0.1) is 11.8 Å². The maximum Gasteiger partial charge on any atom is 0.316 e. The molecule has 1 aromatic carbocycles. The van der Waals surface area contributed by atoms with Crippen molar-refractivity contribution in [2.24, 2.45) is 11.8 Å². The molecule has 0 saturated heterocycles. The molecule has 3 rings (SSSR count). The van der Waals surface area contributed by atoms with E-state index in [2.05, 4.69) is 5.32 Å². The smallest absolute Gasteiger partial charge is 0.316 e. The van der Waals surface area contributed by atoms with Gasteiger partial charge < -0.3 is 10.1 Å². The third-order valence-electron chi connectivity index (χ3n) is 4.79. The zero-order valence-corrected chi connectivity index (χ0v) is 15.3. The largest absolute Gasteiger partial charge is 0.468 e. The molecule has 0 unspecified atom stereocenters. The van der Waals surface area contributed by atoms with Gasteiger partial charge in [0.1, 0.15) is 5.92 Å². The van der Waals surface area contributed by atoms with Crippen LogP contribution in [0.2, 0.25) is 10.0 Å². The summed E-state index contributed by atoms with van der Waals surface area (Å²) in [6.07, 6.45) is 0.516. The summed E-state index contributed by atoms with van der Waals surface area (Å²) in [4.78, 5) is 37.3. The van der Waals surface area contributed by atoms with Gasteiger partial charge in [-0.25, -0.2) is 0 Å². The number of ether oxygens (including phenoxy) is 1. The van der Waals surface area contributed by atoms with Crippen molar-refractivity contribution in [1.82, 2.24) is 5.32 Å². The third kappa shape index (κ3) is 3.18. The third-order valence-corrected chi connectivity index (χ3v) is 5.35. The highest BCUT2D eigenvalue weighted by molar-refractivity contribution is 6.35. The molecule has 1 aromatic rings. The van der Waals surface area contributed by atoms with Crippen LogP contribution in [0.25, 0.3) is 0 Å². The van der Waals surface area contributed by atoms with Crippen molar-refractivity contribution >= 4 is 40.9 Å². The SMILES string of the molecule is COC(=O)[C@@H]1C(=O)C2=C(C[C@H]1C)NC(=O)C[C@H]2c1ccc(Cl)cc1Cl. The van der Waals surface area contributed by atoms with Gasteiger partial charge in [0.25, 0.3) is 0 Å². The van der Waals surface area contributed by atoms with Gasteiger partial charge in [-0.3, -0.25) is 14.4 Å². The molecule has 1 amide bonds. The summed E-state index contributed by atoms with van der Waals surface area (Å²) in [5.41, 5.74) is 1.67. The highest BCUT2D eigenvalue weighted by atomic mass is 35.5. The molecule has 1 heterocycles. The fraction of sp³-hybridized carbons (Fsp3) is 0.389. The van der Waals surface area contributed by atoms with E-state index in [9.17, 15) is 14.4 Å². The van der Waals surface area contributed by atoms with Crippen LogP contribution < -0.4 is 5.32 Å². The molecule has 0 saturated carbocycles. The molecular formula is C18H17Cl2NO4. The highest BCUT2D eigenvalue weighted by Gasteiger charge is 2.45. The summed E-state index contributed by atoms with van der Waals surface area (Å²) in [5, 5.41) is 3.65. The van der Waals surface area contributed by atoms with E-state index in [1.54, 1.807) is 25.1 Å². The number of methoxy groups -OCH3 is 1. The summed E-state index contributed by atoms with van der Waals surface area (Å²) in [5.74, 6) is -2.66. The number of carbonyl (C=O) groups is 3. The molecule has 0 radical (unpaired) electrons. The van der Waals surface area contributed by atoms with Crippen LogP contribution in [0.3, 0.4) is 0 Å². The van der Waals surface area contributed by atoms with Gasteiger partial charge in [0.15, 0.2) is 5.78 Å². The van der Waals surface area contributed by atoms with E-state index in [0.29, 0.717) is 33.3 Å². The molecule has 0 aromatic heterocycles. The van der Waals surface area contributed by atoms with Crippen LogP contribution in [0.5, 0.6) is 0 Å². The Balaban J connectivity index is 2.10. The number of halogens is 2. The number of hydrogen-bond donors (Lipinski definition) is 1. The molecule has 1 aliphatic heterocycles. The minimum atomic E-state index is -0.868. The van der Waals surface area contributed by atoms with Crippen molar-refractivity contribution in [2.45, 2.75) is 25.7 Å². The summed E-state index contributed by atoms with van der Waals surface area (Å²) in [7, 11) is 1.27. The average molecular weight is 382 g/mol. The molecule has 2 aliphatic rings. The minimum Gasteiger partial charge on any atom is -0.468 e. The van der Waals surface area contributed by atoms with Crippen LogP contribution in [-0.2, 0) is 19.1 Å². The maximum atomic E-state index is 13.1. The van der Waals surface area contributed by atoms with Gasteiger partial charge >= 0.3 is 5.97 Å². The van der Waals surface area contributed by atoms with Crippen molar-refractivity contribution in [2.75, 3.05) is 7.11 Å². The summed E-state index contributed by atoms with van der Waals surface area (Å²) in [6.45, 7) is 1.80. The zero-order valence-electron chi connectivity index (χ0n) is 13.8. The van der Waals surface area contributed by atoms with Crippen molar-refractivity contribution in [1.29, 1.82) is 0 Å². The first-order valence-electron chi connectivity index (χ1n) is 7.93. The quantitative estimate of drug-likeness (QED) is 0.630. The lowest BCUT2D eigenvalue weighted by Crippen LogP contribution is -2.44. The topological polar surface area (TPSA) is 72.5 Å². The Labute approximate surface area is 155 Å². The Bertz CT molecular complexity index is 802. The first kappa shape index (κ1) is 18.0. The van der Waals surface area contributed by atoms with Gasteiger partial charge in [-0.15, -0.1) is 0 Å². The second-order valence-corrected chi connectivity index (χ2v) is 7.25. The lowest BCUT2D eigenvalue weighted by molar-refractivity contribution is -0.151. The van der Waals surface area contributed by atoms with Gasteiger partial charge in [0.05, 0.1) is 7.11 Å². The first-order chi connectivity index (χ1) is 11.8. The second kappa shape index (κ2) is 6.81. The summed E-state index contributed by atoms with van der Waals surface area (Å²) < 4.78 is 4.80. The lowest BCUT2D eigenvalue weighted by atomic mass is 9.70. The predicted molar refractivity (Wildman–Crippen MR) is 93.3 cm³/mol. The number of rotatable bonds is 2. The Kier molecular flexibility index (Phi) is 4.89. The summed E-state index contributed by atoms with van der Waals surface area (Å²) in [6, 6.07) is 4.97. The Morgan fingerprint density at radius 2 is 1.96 bits per heavy atom. The fourth-order valence-electron chi connectivity index (χ4n) is 3.65. The molecule has 3 atom stereocenters. The number of carbonyl (C=O) groups excluding carboxylic acids is 3. The van der Waals surface area contributed by atoms with Crippen LogP contribution in [0.15, 0.2) is 29.5 Å². The number of ketones is 1. The number of hydrogen-bond acceptors (Lipinski definition) is 4. The van der Waals surface area contributed by atoms with Gasteiger partial charge in [-0.1, -0.05) is 36.2 Å². The van der Waals surface area contributed by atoms with E-state index in [-0.39, 0.29) is 24.0 Å². The Morgan fingerprint density at radius 3 is 2.60 bits per heavy atom. The molecule has 1 aliphatic carbocycles. The number of nitrogens with one attached hydrogen (secondary N) is 1. The maximum absolute atomic E-state index is 13.1. The standard InChI is InChI=1S/C18H17Cl2NO4/c1-8-5-13-16(17(23)15(8)18(24)25-2)11(7-14(22)21-13)10-4-3-9(19)6-12(10)20/h3-4,6,8,11,15H,5,7H2,1-2H3,(H,21,22)/t8-,11+,15+/m1/s1. The highest BCUT2D eigenvalue weighted by Crippen LogP contribution is 2.44. The van der Waals surface area contributed by atoms with Gasteiger partial charge in [-0.05, 0) is 30.0 Å². The molecule has 0 fully saturated rings. The zero-order chi connectivity index (χ0) is 18.3. The van der Waals surface area contributed by atoms with E-state index < -0.39 is 17.8 Å². The fourth-order valence-corrected chi connectivity index (χ4v) is 4.19. The number of esters is 1. The van der Waals surface area contributed by atoms with E-state index in [4.69, 9.17) is 27.9 Å². The molecular weight excluding hydrogens is 365 g/mol. The molecule has 132 valence electrons. The van der Waals surface area contributed by atoms with E-state index in [0.717, 1.165) is 0 Å². The van der Waals surface area contributed by atoms with E-state index in [1.807, 2.05) is 0 Å². The summed E-state index contributed by atoms with van der Waals surface area (Å²) >= 11 is 12.3. The van der Waals surface area contributed by atoms with Crippen LogP contribution in [-0.4, -0.2) is 24.8 Å². The molecule has 7 heteroatoms. The van der Waals surface area contributed by atoms with Crippen molar-refractivity contribution in [3.05, 3.63) is 45.1 Å². The molecule has 0 bridgehead atoms. The lowest BCUT2D eigenvalue weighted by Gasteiger charge is -2.36. The van der Waals surface area contributed by atoms with Crippen LogP contribution >= 0.6 is 23.2 Å². The first-order valence-corrected chi connectivity index (χ1v) is 8.69. The number of amides is 1. The Hall–Kier alpha value is -1.85. The second-order valence-electron chi connectivity index (χ2n) is 6.41. The Morgan fingerprint density at radius 1 is 1.24 bits per heavy atom. The minimum absolute atomic E-state index is 0.0915. The average Bonchev–Trinajstić information content (AvgIpc) is 2.53. The normalized spacial score (nSPS) is 26.2. The van der Waals surface area contributed by atoms with Crippen molar-refractivity contribution in [3.63, 3.8) is 0 Å². The molecule has 5 nitrogen and oxygen atoms in total. The molecule has 25 heavy (non-hydrogen) atoms. The molecule has 1 N–H and O–H groups in total. The van der Waals surface area contributed by atoms with Gasteiger partial charge in [-0.2, -0.15) is 0 Å². The van der Waals surface area contributed by atoms with Crippen LogP contribution in [0.4, 0.5) is 0 Å². The van der Waals surface area contributed by atoms with Crippen molar-refractivity contribution in [3.8, 4) is 0 Å². The van der Waals surface area contributed by atoms with E-state index >= 15 is 0 Å². The van der Waals surface area contributed by atoms with Gasteiger partial charge in [0.2, 0.25) is 5.91 Å². The number of Topliss-reactive ketones (excluding diaryl/α,β-unsaturated/α-hetero) is 1. The van der Waals surface area contributed by atoms with Crippen LogP contribution in [0.1, 0.15) is 31.2 Å². The van der Waals surface area contributed by atoms with E-state index in [1.165, 1.54) is 7.11 Å². The monoisotopic (exact) mass is 381 g/mol. The molecule has 0 spiro atoms. The predicted octanol–water partition coefficient (Wildman–Crippen LogP) is 3.25. The van der Waals surface area contributed by atoms with Crippen molar-refractivity contribution < 1.29 is 19.1 Å².